The maximum atomic E-state index is 13.0. The Morgan fingerprint density at radius 3 is 2.37 bits per heavy atom. The summed E-state index contributed by atoms with van der Waals surface area (Å²) in [6, 6.07) is 13.4. The zero-order valence-electron chi connectivity index (χ0n) is 26.1. The number of rotatable bonds is 17. The first-order chi connectivity index (χ1) is 22.0. The molecule has 0 spiro atoms. The van der Waals surface area contributed by atoms with Gasteiger partial charge in [0.05, 0.1) is 36.9 Å². The first kappa shape index (κ1) is 35.5. The summed E-state index contributed by atoms with van der Waals surface area (Å²) in [5.41, 5.74) is -1.01. The predicted octanol–water partition coefficient (Wildman–Crippen LogP) is 2.92. The van der Waals surface area contributed by atoms with Crippen molar-refractivity contribution in [3.63, 3.8) is 0 Å². The Bertz CT molecular complexity index is 1500. The van der Waals surface area contributed by atoms with Gasteiger partial charge in [-0.05, 0) is 36.8 Å². The molecule has 14 heteroatoms. The van der Waals surface area contributed by atoms with E-state index < -0.39 is 29.0 Å². The van der Waals surface area contributed by atoms with Gasteiger partial charge in [-0.3, -0.25) is 10.1 Å². The van der Waals surface area contributed by atoms with Gasteiger partial charge in [0.25, 0.3) is 5.69 Å². The first-order valence-corrected chi connectivity index (χ1v) is 14.5. The van der Waals surface area contributed by atoms with Crippen LogP contribution in [0.4, 0.5) is 5.69 Å². The van der Waals surface area contributed by atoms with E-state index in [9.17, 15) is 35.2 Å². The Kier molecular flexibility index (Phi) is 13.1. The highest BCUT2D eigenvalue weighted by molar-refractivity contribution is 6.14. The molecule has 0 fully saturated rings. The Labute approximate surface area is 266 Å². The van der Waals surface area contributed by atoms with Crippen molar-refractivity contribution in [3.05, 3.63) is 81.1 Å². The molecular formula is C32H38N4O10. The molecule has 14 nitrogen and oxygen atoms in total. The average molecular weight is 639 g/mol. The number of nitrogens with one attached hydrogen (secondary N) is 1. The van der Waals surface area contributed by atoms with Gasteiger partial charge in [0.2, 0.25) is 0 Å². The lowest BCUT2D eigenvalue weighted by atomic mass is 9.84. The Morgan fingerprint density at radius 2 is 1.78 bits per heavy atom. The molecule has 46 heavy (non-hydrogen) atoms. The summed E-state index contributed by atoms with van der Waals surface area (Å²) >= 11 is 0. The number of carbonyl (C=O) groups is 2. The highest BCUT2D eigenvalue weighted by Gasteiger charge is 2.40. The van der Waals surface area contributed by atoms with E-state index in [2.05, 4.69) is 5.32 Å². The van der Waals surface area contributed by atoms with Crippen LogP contribution in [-0.4, -0.2) is 96.8 Å². The number of carboxylic acids is 1. The number of nitriles is 1. The van der Waals surface area contributed by atoms with Crippen molar-refractivity contribution in [1.29, 1.82) is 5.26 Å². The van der Waals surface area contributed by atoms with Crippen molar-refractivity contribution in [1.82, 2.24) is 10.2 Å². The van der Waals surface area contributed by atoms with Crippen LogP contribution in [0.2, 0.25) is 0 Å². The maximum absolute atomic E-state index is 13.0. The molecule has 246 valence electrons. The van der Waals surface area contributed by atoms with Crippen molar-refractivity contribution in [2.45, 2.75) is 39.0 Å². The number of aliphatic hydroxyl groups excluding tert-OH is 1. The number of non-ortho nitro benzene ring substituents is 1. The van der Waals surface area contributed by atoms with Gasteiger partial charge in [0, 0.05) is 36.8 Å². The molecule has 3 N–H and O–H groups in total. The molecule has 0 amide bonds. The number of nitrogens with zero attached hydrogens (tertiary/aromatic N) is 3. The number of hydrogen-bond donors (Lipinski definition) is 3. The number of nitro benzene ring substituents is 1. The molecule has 3 rings (SSSR count). The number of methoxy groups -OCH3 is 1. The fourth-order valence-corrected chi connectivity index (χ4v) is 4.78. The fraction of sp³-hybridized carbons (Fsp3) is 0.406. The van der Waals surface area contributed by atoms with E-state index in [4.69, 9.17) is 18.9 Å². The number of aliphatic carboxylic acids is 1. The normalized spacial score (nSPS) is 15.4. The quantitative estimate of drug-likeness (QED) is 0.0992. The highest BCUT2D eigenvalue weighted by atomic mass is 16.6. The van der Waals surface area contributed by atoms with Gasteiger partial charge in [0.1, 0.15) is 48.2 Å². The number of nitro groups is 1. The van der Waals surface area contributed by atoms with Gasteiger partial charge in [-0.25, -0.2) is 9.59 Å². The molecule has 0 radical (unpaired) electrons. The number of carbonyl (C=O) groups excluding carboxylic acids is 1. The van der Waals surface area contributed by atoms with Gasteiger partial charge in [-0.2, -0.15) is 5.26 Å². The summed E-state index contributed by atoms with van der Waals surface area (Å²) < 4.78 is 21.9. The fourth-order valence-electron chi connectivity index (χ4n) is 4.78. The van der Waals surface area contributed by atoms with E-state index in [1.54, 1.807) is 31.2 Å². The van der Waals surface area contributed by atoms with Crippen LogP contribution in [0.25, 0.3) is 5.57 Å². The van der Waals surface area contributed by atoms with Crippen molar-refractivity contribution < 1.29 is 43.7 Å². The number of allylic oxidation sites excluding steroid dienone is 1. The number of carboxylic acid groups (broad SMARTS) is 1. The monoisotopic (exact) mass is 638 g/mol. The van der Waals surface area contributed by atoms with E-state index in [-0.39, 0.29) is 72.7 Å². The van der Waals surface area contributed by atoms with Gasteiger partial charge >= 0.3 is 11.9 Å². The topological polar surface area (TPSA) is 194 Å². The van der Waals surface area contributed by atoms with Crippen LogP contribution in [0.1, 0.15) is 26.3 Å². The zero-order valence-corrected chi connectivity index (χ0v) is 26.1. The van der Waals surface area contributed by atoms with Crippen LogP contribution < -0.4 is 14.8 Å². The van der Waals surface area contributed by atoms with Crippen LogP contribution >= 0.6 is 0 Å². The average Bonchev–Trinajstić information content (AvgIpc) is 3.04. The van der Waals surface area contributed by atoms with Gasteiger partial charge in [-0.1, -0.05) is 26.0 Å². The molecule has 1 heterocycles. The molecule has 0 bridgehead atoms. The highest BCUT2D eigenvalue weighted by Crippen LogP contribution is 2.39. The molecular weight excluding hydrogens is 600 g/mol. The number of aliphatic hydroxyl groups is 1. The van der Waals surface area contributed by atoms with E-state index in [1.807, 2.05) is 19.9 Å². The molecule has 1 aliphatic heterocycles. The predicted molar refractivity (Wildman–Crippen MR) is 166 cm³/mol. The third-order valence-electron chi connectivity index (χ3n) is 7.00. The van der Waals surface area contributed by atoms with Gasteiger partial charge in [0.15, 0.2) is 0 Å². The smallest absolute Gasteiger partial charge is 0.341 e. The lowest BCUT2D eigenvalue weighted by molar-refractivity contribution is -0.384. The Morgan fingerprint density at radius 1 is 1.11 bits per heavy atom. The van der Waals surface area contributed by atoms with Crippen LogP contribution in [0.3, 0.4) is 0 Å². The van der Waals surface area contributed by atoms with Crippen LogP contribution in [0.5, 0.6) is 11.5 Å². The third kappa shape index (κ3) is 9.27. The van der Waals surface area contributed by atoms with Crippen LogP contribution in [0.15, 0.2) is 65.4 Å². The first-order valence-electron chi connectivity index (χ1n) is 14.5. The molecule has 2 atom stereocenters. The number of esters is 1. The molecule has 0 saturated carbocycles. The minimum atomic E-state index is -1.36. The lowest BCUT2D eigenvalue weighted by Crippen LogP contribution is -2.43. The molecule has 0 aromatic heterocycles. The van der Waals surface area contributed by atoms with E-state index in [1.165, 1.54) is 23.1 Å². The largest absolute Gasteiger partial charge is 0.491 e. The van der Waals surface area contributed by atoms with Crippen molar-refractivity contribution in [2.24, 2.45) is 0 Å². The summed E-state index contributed by atoms with van der Waals surface area (Å²) in [4.78, 5) is 37.7. The van der Waals surface area contributed by atoms with E-state index in [0.29, 0.717) is 18.0 Å². The van der Waals surface area contributed by atoms with Gasteiger partial charge < -0.3 is 39.4 Å². The number of hydrogen-bond acceptors (Lipinski definition) is 12. The van der Waals surface area contributed by atoms with Crippen LogP contribution in [-0.2, 0) is 19.1 Å². The minimum absolute atomic E-state index is 0.0497. The van der Waals surface area contributed by atoms with Crippen molar-refractivity contribution >= 4 is 23.2 Å². The second-order valence-electron chi connectivity index (χ2n) is 10.6. The summed E-state index contributed by atoms with van der Waals surface area (Å²) in [5.74, 6) is -1.16. The van der Waals surface area contributed by atoms with E-state index >= 15 is 0 Å². The number of ether oxygens (including phenoxy) is 4. The van der Waals surface area contributed by atoms with E-state index in [0.717, 1.165) is 13.2 Å². The standard InChI is InChI=1S/C32H38N4O10/c1-20(2)34-18-24(37)19-46-26-10-8-25(9-11-26)45-15-14-44-13-12-35-21(3)28(31(38)39)29(30(27(35)17-33)32(40)43-4)22-6-5-7-23(16-22)36(41)42/h5-11,16,20-21,24,34,37H,12-15,18-19H2,1-4H3,(H,38,39). The lowest BCUT2D eigenvalue weighted by Gasteiger charge is -2.37. The molecule has 1 aliphatic rings. The number of benzene rings is 2. The SMILES string of the molecule is COC(=O)C1=C(C#N)N(CCOCCOc2ccc(OCC(O)CNC(C)C)cc2)C(C)C(C(=O)O)=C1c1cccc([N+](=O)[O-])c1. The molecule has 2 aromatic carbocycles. The summed E-state index contributed by atoms with van der Waals surface area (Å²) in [7, 11) is 1.10. The summed E-state index contributed by atoms with van der Waals surface area (Å²) in [5, 5.41) is 44.8. The summed E-state index contributed by atoms with van der Waals surface area (Å²) in [6.45, 7) is 6.60. The maximum Gasteiger partial charge on any atom is 0.341 e. The second kappa shape index (κ2) is 16.9. The Balaban J connectivity index is 1.64. The van der Waals surface area contributed by atoms with Crippen molar-refractivity contribution in [2.75, 3.05) is 46.6 Å². The third-order valence-corrected chi connectivity index (χ3v) is 7.00. The summed E-state index contributed by atoms with van der Waals surface area (Å²) in [6.07, 6.45) is -0.642. The molecule has 2 unspecified atom stereocenters. The minimum Gasteiger partial charge on any atom is -0.491 e. The zero-order chi connectivity index (χ0) is 33.8. The molecule has 0 saturated heterocycles. The van der Waals surface area contributed by atoms with Crippen LogP contribution in [0, 0.1) is 21.4 Å². The second-order valence-corrected chi connectivity index (χ2v) is 10.6. The molecule has 0 aliphatic carbocycles. The van der Waals surface area contributed by atoms with Crippen molar-refractivity contribution in [3.8, 4) is 17.6 Å². The Hall–Kier alpha value is -4.97. The van der Waals surface area contributed by atoms with Gasteiger partial charge in [-0.15, -0.1) is 0 Å². The molecule has 2 aromatic rings.